The van der Waals surface area contributed by atoms with Crippen LogP contribution in [0, 0.1) is 12.3 Å². The van der Waals surface area contributed by atoms with Crippen LogP contribution in [0.15, 0.2) is 42.0 Å². The molecule has 9 nitrogen and oxygen atoms in total. The Morgan fingerprint density at radius 3 is 2.56 bits per heavy atom. The van der Waals surface area contributed by atoms with Gasteiger partial charge in [0.1, 0.15) is 11.9 Å². The van der Waals surface area contributed by atoms with Gasteiger partial charge in [-0.15, -0.1) is 10.2 Å². The number of halogens is 3. The van der Waals surface area contributed by atoms with Crippen LogP contribution >= 0.6 is 0 Å². The van der Waals surface area contributed by atoms with E-state index >= 15 is 0 Å². The van der Waals surface area contributed by atoms with Crippen molar-refractivity contribution in [1.82, 2.24) is 25.5 Å². The number of ether oxygens (including phenoxy) is 2. The zero-order chi connectivity index (χ0) is 32.9. The average molecular weight is 626 g/mol. The van der Waals surface area contributed by atoms with E-state index in [-0.39, 0.29) is 23.6 Å². The summed E-state index contributed by atoms with van der Waals surface area (Å²) in [4.78, 5) is 28.6. The van der Waals surface area contributed by atoms with Gasteiger partial charge in [-0.3, -0.25) is 9.69 Å². The maximum atomic E-state index is 13.7. The van der Waals surface area contributed by atoms with Gasteiger partial charge in [0.25, 0.3) is 0 Å². The number of benzene rings is 2. The summed E-state index contributed by atoms with van der Waals surface area (Å²) in [6, 6.07) is 8.54. The summed E-state index contributed by atoms with van der Waals surface area (Å²) in [6.45, 7) is 11.4. The van der Waals surface area contributed by atoms with Crippen LogP contribution in [-0.2, 0) is 16.3 Å². The van der Waals surface area contributed by atoms with E-state index in [1.54, 1.807) is 57.9 Å². The first-order valence-corrected chi connectivity index (χ1v) is 14.9. The van der Waals surface area contributed by atoms with Gasteiger partial charge in [0, 0.05) is 17.7 Å². The van der Waals surface area contributed by atoms with E-state index in [1.807, 2.05) is 6.07 Å². The Hall–Kier alpha value is -4.22. The van der Waals surface area contributed by atoms with Crippen molar-refractivity contribution in [1.29, 1.82) is 0 Å². The summed E-state index contributed by atoms with van der Waals surface area (Å²) in [5.74, 6) is 0.670. The van der Waals surface area contributed by atoms with Crippen molar-refractivity contribution in [2.24, 2.45) is 5.41 Å². The summed E-state index contributed by atoms with van der Waals surface area (Å²) < 4.78 is 52.2. The molecular formula is C33H38F3N5O4. The van der Waals surface area contributed by atoms with E-state index in [2.05, 4.69) is 34.5 Å². The largest absolute Gasteiger partial charge is 0.496 e. The number of aromatic amines is 1. The Morgan fingerprint density at radius 2 is 1.91 bits per heavy atom. The number of hydrogen-bond donors (Lipinski definition) is 1. The number of nitrogens with one attached hydrogen (secondary N) is 1. The molecule has 3 aromatic rings. The van der Waals surface area contributed by atoms with Crippen LogP contribution in [0.5, 0.6) is 5.75 Å². The highest BCUT2D eigenvalue weighted by Crippen LogP contribution is 2.46. The molecule has 1 amide bonds. The van der Waals surface area contributed by atoms with Gasteiger partial charge in [0.2, 0.25) is 0 Å². The molecule has 0 bridgehead atoms. The molecule has 0 spiro atoms. The zero-order valence-electron chi connectivity index (χ0n) is 26.5. The first-order chi connectivity index (χ1) is 21.0. The molecule has 1 aromatic heterocycles. The molecule has 0 saturated carbocycles. The van der Waals surface area contributed by atoms with Gasteiger partial charge in [-0.05, 0) is 99.4 Å². The van der Waals surface area contributed by atoms with Crippen LogP contribution in [0.2, 0.25) is 0 Å². The van der Waals surface area contributed by atoms with Crippen molar-refractivity contribution >= 4 is 17.4 Å². The first-order valence-electron chi connectivity index (χ1n) is 14.9. The second-order valence-corrected chi connectivity index (χ2v) is 13.3. The van der Waals surface area contributed by atoms with Crippen LogP contribution < -0.4 is 4.74 Å². The molecular weight excluding hydrogens is 587 g/mol. The van der Waals surface area contributed by atoms with E-state index in [4.69, 9.17) is 9.47 Å². The number of hydrogen-bond acceptors (Lipinski definition) is 7. The van der Waals surface area contributed by atoms with Crippen LogP contribution in [-0.4, -0.2) is 57.1 Å². The minimum absolute atomic E-state index is 0.0649. The number of allylic oxidation sites excluding steroid dienone is 1. The van der Waals surface area contributed by atoms with Gasteiger partial charge < -0.3 is 9.47 Å². The van der Waals surface area contributed by atoms with Crippen molar-refractivity contribution in [3.05, 3.63) is 75.6 Å². The van der Waals surface area contributed by atoms with Crippen molar-refractivity contribution in [2.75, 3.05) is 13.7 Å². The smallest absolute Gasteiger partial charge is 0.416 e. The van der Waals surface area contributed by atoms with E-state index in [0.717, 1.165) is 35.3 Å². The van der Waals surface area contributed by atoms with Gasteiger partial charge in [-0.2, -0.15) is 18.4 Å². The standard InChI is InChI=1S/C33H38F3N5O4/c1-18-12-21(14-23(13-18)33(34,35)36)27-19(2)41(30(43)45-27)17-22-16-31(3,4)11-10-24(22)25-15-20(8-9-26(25)44-7)28(42)32(5,6)29-37-39-40-38-29/h8-9,12-15,19,27H,10-11,16-17H2,1-7H3,(H,37,38,39,40)/t19-,27-/m0/s1. The molecule has 2 aliphatic rings. The maximum Gasteiger partial charge on any atom is 0.416 e. The second-order valence-electron chi connectivity index (χ2n) is 13.3. The lowest BCUT2D eigenvalue weighted by atomic mass is 9.72. The number of cyclic esters (lactones) is 1. The fraction of sp³-hybridized carbons (Fsp3) is 0.485. The summed E-state index contributed by atoms with van der Waals surface area (Å²) in [5, 5.41) is 14.0. The number of methoxy groups -OCH3 is 1. The Morgan fingerprint density at radius 1 is 1.18 bits per heavy atom. The summed E-state index contributed by atoms with van der Waals surface area (Å²) in [7, 11) is 1.57. The van der Waals surface area contributed by atoms with Crippen LogP contribution in [0.4, 0.5) is 18.0 Å². The highest BCUT2D eigenvalue weighted by atomic mass is 19.4. The molecule has 2 heterocycles. The van der Waals surface area contributed by atoms with Crippen molar-refractivity contribution < 1.29 is 32.2 Å². The second kappa shape index (κ2) is 11.6. The molecule has 1 N–H and O–H groups in total. The summed E-state index contributed by atoms with van der Waals surface area (Å²) in [5.41, 5.74) is 2.01. The predicted octanol–water partition coefficient (Wildman–Crippen LogP) is 7.24. The monoisotopic (exact) mass is 625 g/mol. The number of Topliss-reactive ketones (excluding diaryl/α,β-unsaturated/α-hetero) is 1. The van der Waals surface area contributed by atoms with Gasteiger partial charge in [0.05, 0.1) is 24.1 Å². The number of aromatic nitrogens is 4. The highest BCUT2D eigenvalue weighted by molar-refractivity contribution is 6.04. The molecule has 45 heavy (non-hydrogen) atoms. The number of amides is 1. The van der Waals surface area contributed by atoms with Gasteiger partial charge in [-0.25, -0.2) is 4.79 Å². The Bertz CT molecular complexity index is 1650. The fourth-order valence-electron chi connectivity index (χ4n) is 6.37. The minimum Gasteiger partial charge on any atom is -0.496 e. The topological polar surface area (TPSA) is 110 Å². The molecule has 1 aliphatic heterocycles. The number of tetrazole rings is 1. The van der Waals surface area contributed by atoms with E-state index in [0.29, 0.717) is 35.3 Å². The van der Waals surface area contributed by atoms with E-state index in [9.17, 15) is 22.8 Å². The number of aryl methyl sites for hydroxylation is 1. The molecule has 2 atom stereocenters. The van der Waals surface area contributed by atoms with Crippen LogP contribution in [0.3, 0.4) is 0 Å². The SMILES string of the molecule is COc1ccc(C(=O)C(C)(C)c2nn[nH]n2)cc1C1=C(CN2C(=O)O[C@H](c3cc(C)cc(C(F)(F)F)c3)[C@@H]2C)CC(C)(C)CC1. The quantitative estimate of drug-likeness (QED) is 0.263. The molecule has 12 heteroatoms. The lowest BCUT2D eigenvalue weighted by Gasteiger charge is -2.36. The lowest BCUT2D eigenvalue weighted by molar-refractivity contribution is -0.137. The van der Waals surface area contributed by atoms with Crippen molar-refractivity contribution in [2.45, 2.75) is 84.5 Å². The van der Waals surface area contributed by atoms with Crippen LogP contribution in [0.1, 0.15) is 98.4 Å². The number of ketones is 1. The van der Waals surface area contributed by atoms with Gasteiger partial charge in [-0.1, -0.05) is 30.7 Å². The highest BCUT2D eigenvalue weighted by Gasteiger charge is 2.43. The zero-order valence-corrected chi connectivity index (χ0v) is 26.5. The van der Waals surface area contributed by atoms with Gasteiger partial charge >= 0.3 is 12.3 Å². The Balaban J connectivity index is 1.52. The van der Waals surface area contributed by atoms with Gasteiger partial charge in [0.15, 0.2) is 11.6 Å². The maximum absolute atomic E-state index is 13.7. The molecule has 1 saturated heterocycles. The summed E-state index contributed by atoms with van der Waals surface area (Å²) >= 11 is 0. The third kappa shape index (κ3) is 6.32. The normalized spacial score (nSPS) is 20.4. The third-order valence-corrected chi connectivity index (χ3v) is 8.94. The number of H-pyrrole nitrogens is 1. The predicted molar refractivity (Wildman–Crippen MR) is 161 cm³/mol. The van der Waals surface area contributed by atoms with Crippen molar-refractivity contribution in [3.8, 4) is 5.75 Å². The Labute approximate surface area is 260 Å². The number of carbonyl (C=O) groups is 2. The molecule has 0 unspecified atom stereocenters. The molecule has 240 valence electrons. The van der Waals surface area contributed by atoms with Crippen LogP contribution in [0.25, 0.3) is 5.57 Å². The first kappa shape index (κ1) is 32.2. The number of nitrogens with zero attached hydrogens (tertiary/aromatic N) is 4. The molecule has 0 radical (unpaired) electrons. The molecule has 1 aliphatic carbocycles. The number of carbonyl (C=O) groups excluding carboxylic acids is 2. The Kier molecular flexibility index (Phi) is 8.30. The average Bonchev–Trinajstić information content (AvgIpc) is 3.61. The molecule has 1 fully saturated rings. The molecule has 2 aromatic carbocycles. The summed E-state index contributed by atoms with van der Waals surface area (Å²) in [6.07, 6.45) is -3.75. The van der Waals surface area contributed by atoms with E-state index in [1.165, 1.54) is 0 Å². The molecule has 5 rings (SSSR count). The number of rotatable bonds is 8. The number of alkyl halides is 3. The lowest BCUT2D eigenvalue weighted by Crippen LogP contribution is -2.35. The fourth-order valence-corrected chi connectivity index (χ4v) is 6.37. The third-order valence-electron chi connectivity index (χ3n) is 8.94. The van der Waals surface area contributed by atoms with Crippen molar-refractivity contribution in [3.63, 3.8) is 0 Å². The van der Waals surface area contributed by atoms with E-state index < -0.39 is 35.4 Å². The minimum atomic E-state index is -4.52.